The molecule has 7 heteroatoms. The minimum atomic E-state index is -3.78. The largest absolute Gasteiger partial charge is 0.398 e. The molecule has 1 amide bonds. The maximum atomic E-state index is 12.6. The molecule has 0 fully saturated rings. The first kappa shape index (κ1) is 16.5. The van der Waals surface area contributed by atoms with Crippen LogP contribution in [0.5, 0.6) is 0 Å². The molecule has 20 heavy (non-hydrogen) atoms. The maximum Gasteiger partial charge on any atom is 0.245 e. The normalized spacial score (nSPS) is 11.7. The molecule has 0 bridgehead atoms. The molecule has 0 atom stereocenters. The first-order valence-electron chi connectivity index (χ1n) is 6.27. The van der Waals surface area contributed by atoms with Crippen LogP contribution in [0, 0.1) is 6.92 Å². The molecule has 0 heterocycles. The number of hydrogen-bond donors (Lipinski definition) is 1. The molecule has 0 aliphatic carbocycles. The van der Waals surface area contributed by atoms with Crippen molar-refractivity contribution in [3.63, 3.8) is 0 Å². The molecule has 0 unspecified atom stereocenters. The van der Waals surface area contributed by atoms with Gasteiger partial charge >= 0.3 is 0 Å². The van der Waals surface area contributed by atoms with Gasteiger partial charge in [0.05, 0.1) is 12.2 Å². The van der Waals surface area contributed by atoms with Gasteiger partial charge in [0.25, 0.3) is 0 Å². The zero-order chi connectivity index (χ0) is 15.5. The fourth-order valence-electron chi connectivity index (χ4n) is 1.82. The van der Waals surface area contributed by atoms with Gasteiger partial charge in [0.2, 0.25) is 15.9 Å². The summed E-state index contributed by atoms with van der Waals surface area (Å²) in [5.41, 5.74) is 6.55. The molecular formula is C13H21N3O3S. The Morgan fingerprint density at radius 1 is 1.30 bits per heavy atom. The molecule has 6 nitrogen and oxygen atoms in total. The van der Waals surface area contributed by atoms with Gasteiger partial charge in [-0.05, 0) is 18.6 Å². The second-order valence-electron chi connectivity index (χ2n) is 4.71. The second-order valence-corrected chi connectivity index (χ2v) is 6.59. The van der Waals surface area contributed by atoms with Crippen LogP contribution < -0.4 is 5.73 Å². The molecule has 0 aliphatic rings. The average Bonchev–Trinajstić information content (AvgIpc) is 2.34. The Kier molecular flexibility index (Phi) is 5.13. The minimum absolute atomic E-state index is 0.0772. The molecule has 0 saturated carbocycles. The number of carbonyl (C=O) groups is 1. The average molecular weight is 299 g/mol. The predicted molar refractivity (Wildman–Crippen MR) is 78.7 cm³/mol. The van der Waals surface area contributed by atoms with E-state index in [1.165, 1.54) is 4.90 Å². The Hall–Kier alpha value is -1.60. The van der Waals surface area contributed by atoms with E-state index in [9.17, 15) is 13.2 Å². The number of amides is 1. The van der Waals surface area contributed by atoms with Gasteiger partial charge in [-0.15, -0.1) is 0 Å². The molecule has 0 spiro atoms. The van der Waals surface area contributed by atoms with Crippen LogP contribution in [0.2, 0.25) is 0 Å². The van der Waals surface area contributed by atoms with Crippen LogP contribution in [0.4, 0.5) is 5.69 Å². The zero-order valence-corrected chi connectivity index (χ0v) is 13.1. The third-order valence-corrected chi connectivity index (χ3v) is 5.14. The summed E-state index contributed by atoms with van der Waals surface area (Å²) in [6, 6.07) is 4.93. The van der Waals surface area contributed by atoms with Crippen molar-refractivity contribution in [3.8, 4) is 0 Å². The zero-order valence-electron chi connectivity index (χ0n) is 12.3. The van der Waals surface area contributed by atoms with Crippen LogP contribution in [0.1, 0.15) is 12.5 Å². The monoisotopic (exact) mass is 299 g/mol. The lowest BCUT2D eigenvalue weighted by molar-refractivity contribution is -0.128. The standard InChI is InChI=1S/C13H21N3O3S/c1-5-16(9-12(17)15(3)4)20(18,19)13-10(2)7-6-8-11(13)14/h6-8H,5,9,14H2,1-4H3. The van der Waals surface area contributed by atoms with Crippen LogP contribution >= 0.6 is 0 Å². The Bertz CT molecular complexity index is 577. The summed E-state index contributed by atoms with van der Waals surface area (Å²) in [6.45, 7) is 3.38. The Morgan fingerprint density at radius 2 is 1.90 bits per heavy atom. The van der Waals surface area contributed by atoms with Crippen LogP contribution in [0.25, 0.3) is 0 Å². The summed E-state index contributed by atoms with van der Waals surface area (Å²) < 4.78 is 26.4. The SMILES string of the molecule is CCN(CC(=O)N(C)C)S(=O)(=O)c1c(C)cccc1N. The van der Waals surface area contributed by atoms with Gasteiger partial charge in [-0.25, -0.2) is 8.42 Å². The number of nitrogen functional groups attached to an aromatic ring is 1. The van der Waals surface area contributed by atoms with Gasteiger partial charge in [0, 0.05) is 20.6 Å². The number of nitrogens with zero attached hydrogens (tertiary/aromatic N) is 2. The van der Waals surface area contributed by atoms with E-state index in [0.717, 1.165) is 4.31 Å². The van der Waals surface area contributed by atoms with E-state index in [2.05, 4.69) is 0 Å². The van der Waals surface area contributed by atoms with E-state index in [0.29, 0.717) is 5.56 Å². The minimum Gasteiger partial charge on any atom is -0.398 e. The number of nitrogens with two attached hydrogens (primary N) is 1. The van der Waals surface area contributed by atoms with E-state index in [-0.39, 0.29) is 29.6 Å². The number of hydrogen-bond acceptors (Lipinski definition) is 4. The molecule has 1 rings (SSSR count). The number of likely N-dealkylation sites (N-methyl/N-ethyl adjacent to an activating group) is 2. The fourth-order valence-corrected chi connectivity index (χ4v) is 3.54. The Balaban J connectivity index is 3.23. The van der Waals surface area contributed by atoms with Crippen molar-refractivity contribution in [3.05, 3.63) is 23.8 Å². The Morgan fingerprint density at radius 3 is 2.35 bits per heavy atom. The van der Waals surface area contributed by atoms with Crippen molar-refractivity contribution in [1.82, 2.24) is 9.21 Å². The summed E-state index contributed by atoms with van der Waals surface area (Å²) in [7, 11) is -0.604. The van der Waals surface area contributed by atoms with E-state index < -0.39 is 10.0 Å². The highest BCUT2D eigenvalue weighted by Crippen LogP contribution is 2.25. The number of carbonyl (C=O) groups excluding carboxylic acids is 1. The van der Waals surface area contributed by atoms with Crippen LogP contribution in [-0.4, -0.2) is 50.7 Å². The number of benzene rings is 1. The number of rotatable bonds is 5. The second kappa shape index (κ2) is 6.23. The molecule has 0 saturated heterocycles. The highest BCUT2D eigenvalue weighted by Gasteiger charge is 2.28. The van der Waals surface area contributed by atoms with Gasteiger partial charge in [0.15, 0.2) is 0 Å². The van der Waals surface area contributed by atoms with Crippen LogP contribution in [-0.2, 0) is 14.8 Å². The summed E-state index contributed by atoms with van der Waals surface area (Å²) in [4.78, 5) is 13.2. The third-order valence-electron chi connectivity index (χ3n) is 3.00. The third kappa shape index (κ3) is 3.29. The molecule has 0 radical (unpaired) electrons. The summed E-state index contributed by atoms with van der Waals surface area (Å²) in [5, 5.41) is 0. The molecular weight excluding hydrogens is 278 g/mol. The van der Waals surface area contributed by atoms with Crippen molar-refractivity contribution in [2.24, 2.45) is 0 Å². The topological polar surface area (TPSA) is 83.7 Å². The van der Waals surface area contributed by atoms with Gasteiger partial charge in [-0.2, -0.15) is 4.31 Å². The van der Waals surface area contributed by atoms with Crippen LogP contribution in [0.3, 0.4) is 0 Å². The van der Waals surface area contributed by atoms with Gasteiger partial charge in [0.1, 0.15) is 4.90 Å². The first-order chi connectivity index (χ1) is 9.21. The number of aryl methyl sites for hydroxylation is 1. The number of sulfonamides is 1. The number of anilines is 1. The molecule has 0 aliphatic heterocycles. The quantitative estimate of drug-likeness (QED) is 0.810. The highest BCUT2D eigenvalue weighted by atomic mass is 32.2. The smallest absolute Gasteiger partial charge is 0.245 e. The first-order valence-corrected chi connectivity index (χ1v) is 7.71. The molecule has 1 aromatic rings. The lowest BCUT2D eigenvalue weighted by Gasteiger charge is -2.23. The van der Waals surface area contributed by atoms with Gasteiger partial charge in [-0.3, -0.25) is 4.79 Å². The van der Waals surface area contributed by atoms with E-state index >= 15 is 0 Å². The lowest BCUT2D eigenvalue weighted by Crippen LogP contribution is -2.40. The molecule has 0 aromatic heterocycles. The van der Waals surface area contributed by atoms with Crippen LogP contribution in [0.15, 0.2) is 23.1 Å². The summed E-state index contributed by atoms with van der Waals surface area (Å²) >= 11 is 0. The van der Waals surface area contributed by atoms with Crippen molar-refractivity contribution in [2.45, 2.75) is 18.7 Å². The van der Waals surface area contributed by atoms with E-state index in [1.807, 2.05) is 0 Å². The van der Waals surface area contributed by atoms with Gasteiger partial charge < -0.3 is 10.6 Å². The van der Waals surface area contributed by atoms with Crippen molar-refractivity contribution < 1.29 is 13.2 Å². The predicted octanol–water partition coefficient (Wildman–Crippen LogP) is 0.676. The van der Waals surface area contributed by atoms with Gasteiger partial charge in [-0.1, -0.05) is 19.1 Å². The fraction of sp³-hybridized carbons (Fsp3) is 0.462. The summed E-state index contributed by atoms with van der Waals surface area (Å²) in [6.07, 6.45) is 0. The highest BCUT2D eigenvalue weighted by molar-refractivity contribution is 7.89. The lowest BCUT2D eigenvalue weighted by atomic mass is 10.2. The van der Waals surface area contributed by atoms with Crippen molar-refractivity contribution in [1.29, 1.82) is 0 Å². The molecule has 2 N–H and O–H groups in total. The maximum absolute atomic E-state index is 12.6. The van der Waals surface area contributed by atoms with Crippen molar-refractivity contribution in [2.75, 3.05) is 32.9 Å². The Labute approximate surface area is 120 Å². The van der Waals surface area contributed by atoms with Crippen molar-refractivity contribution >= 4 is 21.6 Å². The molecule has 1 aromatic carbocycles. The summed E-state index contributed by atoms with van der Waals surface area (Å²) in [5.74, 6) is -0.275. The van der Waals surface area contributed by atoms with E-state index in [4.69, 9.17) is 5.73 Å². The molecule has 112 valence electrons. The van der Waals surface area contributed by atoms with E-state index in [1.54, 1.807) is 46.1 Å².